The molecule has 3 unspecified atom stereocenters. The van der Waals surface area contributed by atoms with Gasteiger partial charge in [0.2, 0.25) is 0 Å². The highest BCUT2D eigenvalue weighted by molar-refractivity contribution is 6.02. The van der Waals surface area contributed by atoms with Gasteiger partial charge in [-0.3, -0.25) is 4.99 Å². The molecule has 5 aliphatic rings. The van der Waals surface area contributed by atoms with Gasteiger partial charge in [0, 0.05) is 23.2 Å². The number of benzene rings is 1. The molecule has 0 radical (unpaired) electrons. The van der Waals surface area contributed by atoms with Crippen molar-refractivity contribution in [1.82, 2.24) is 0 Å². The lowest BCUT2D eigenvalue weighted by atomic mass is 9.76. The molecule has 1 aliphatic heterocycles. The van der Waals surface area contributed by atoms with Crippen molar-refractivity contribution in [2.75, 3.05) is 0 Å². The van der Waals surface area contributed by atoms with Gasteiger partial charge in [-0.25, -0.2) is 0 Å². The molecule has 1 heterocycles. The van der Waals surface area contributed by atoms with E-state index in [4.69, 9.17) is 9.73 Å². The summed E-state index contributed by atoms with van der Waals surface area (Å²) in [5, 5.41) is 0. The molecule has 1 aromatic rings. The molecule has 0 bridgehead atoms. The zero-order valence-electron chi connectivity index (χ0n) is 20.7. The summed E-state index contributed by atoms with van der Waals surface area (Å²) >= 11 is 0. The Morgan fingerprint density at radius 2 is 1.97 bits per heavy atom. The van der Waals surface area contributed by atoms with Crippen LogP contribution in [0.25, 0.3) is 0 Å². The number of ether oxygens (including phenoxy) is 1. The largest absolute Gasteiger partial charge is 0.458 e. The molecule has 34 heavy (non-hydrogen) atoms. The Morgan fingerprint density at radius 3 is 2.65 bits per heavy atom. The molecular weight excluding hydrogens is 414 g/mol. The third kappa shape index (κ3) is 4.69. The van der Waals surface area contributed by atoms with E-state index >= 15 is 0 Å². The minimum absolute atomic E-state index is 0.277. The first-order chi connectivity index (χ1) is 16.7. The van der Waals surface area contributed by atoms with Crippen LogP contribution in [0.15, 0.2) is 101 Å². The van der Waals surface area contributed by atoms with Crippen molar-refractivity contribution in [1.29, 1.82) is 0 Å². The molecule has 0 aromatic heterocycles. The second-order valence-electron chi connectivity index (χ2n) is 10.3. The Kier molecular flexibility index (Phi) is 6.59. The van der Waals surface area contributed by atoms with E-state index in [2.05, 4.69) is 87.3 Å². The second kappa shape index (κ2) is 9.78. The minimum atomic E-state index is 0.277. The van der Waals surface area contributed by atoms with Crippen LogP contribution in [-0.2, 0) is 6.42 Å². The maximum atomic E-state index is 6.01. The van der Waals surface area contributed by atoms with E-state index in [0.717, 1.165) is 24.4 Å². The van der Waals surface area contributed by atoms with Crippen molar-refractivity contribution in [3.8, 4) is 5.75 Å². The van der Waals surface area contributed by atoms with Crippen LogP contribution in [0.1, 0.15) is 57.9 Å². The molecule has 2 heteroatoms. The zero-order chi connectivity index (χ0) is 23.5. The second-order valence-corrected chi connectivity index (χ2v) is 10.3. The summed E-state index contributed by atoms with van der Waals surface area (Å²) in [7, 11) is 0. The minimum Gasteiger partial charge on any atom is -0.458 e. The molecule has 2 nitrogen and oxygen atoms in total. The monoisotopic (exact) mass is 451 g/mol. The van der Waals surface area contributed by atoms with Gasteiger partial charge >= 0.3 is 0 Å². The van der Waals surface area contributed by atoms with E-state index in [-0.39, 0.29) is 5.41 Å². The van der Waals surface area contributed by atoms with Crippen LogP contribution in [-0.4, -0.2) is 5.71 Å². The van der Waals surface area contributed by atoms with Gasteiger partial charge in [-0.15, -0.1) is 0 Å². The average molecular weight is 452 g/mol. The van der Waals surface area contributed by atoms with E-state index in [1.807, 2.05) is 6.08 Å². The average Bonchev–Trinajstić information content (AvgIpc) is 3.69. The molecule has 0 saturated heterocycles. The number of hydrogen-bond donors (Lipinski definition) is 0. The predicted octanol–water partition coefficient (Wildman–Crippen LogP) is 8.31. The predicted molar refractivity (Wildman–Crippen MR) is 143 cm³/mol. The fourth-order valence-corrected chi connectivity index (χ4v) is 5.41. The van der Waals surface area contributed by atoms with Crippen LogP contribution in [0, 0.1) is 23.2 Å². The molecule has 0 spiro atoms. The maximum Gasteiger partial charge on any atom is 0.127 e. The first kappa shape index (κ1) is 22.9. The van der Waals surface area contributed by atoms with Gasteiger partial charge in [0.15, 0.2) is 0 Å². The fourth-order valence-electron chi connectivity index (χ4n) is 5.41. The molecule has 0 amide bonds. The maximum absolute atomic E-state index is 6.01. The zero-order valence-corrected chi connectivity index (χ0v) is 20.7. The Balaban J connectivity index is 0.000000764. The van der Waals surface area contributed by atoms with Crippen molar-refractivity contribution in [3.63, 3.8) is 0 Å². The molecule has 1 aromatic carbocycles. The Morgan fingerprint density at radius 1 is 1.18 bits per heavy atom. The lowest BCUT2D eigenvalue weighted by Gasteiger charge is -2.26. The molecule has 3 atom stereocenters. The van der Waals surface area contributed by atoms with Crippen LogP contribution >= 0.6 is 0 Å². The third-order valence-corrected chi connectivity index (χ3v) is 7.50. The summed E-state index contributed by atoms with van der Waals surface area (Å²) in [5.74, 6) is 3.52. The van der Waals surface area contributed by atoms with Crippen LogP contribution < -0.4 is 4.74 Å². The molecular formula is C32H37NO. The molecule has 176 valence electrons. The van der Waals surface area contributed by atoms with Gasteiger partial charge in [0.1, 0.15) is 11.5 Å². The first-order valence-corrected chi connectivity index (χ1v) is 13.1. The summed E-state index contributed by atoms with van der Waals surface area (Å²) in [6.07, 6.45) is 26.2. The van der Waals surface area contributed by atoms with Crippen molar-refractivity contribution >= 4 is 5.71 Å². The highest BCUT2D eigenvalue weighted by atomic mass is 16.5. The molecule has 2 fully saturated rings. The Labute approximate surface area is 205 Å². The number of allylic oxidation sites excluding steroid dienone is 9. The number of fused-ring (bicyclic) bond motifs is 3. The summed E-state index contributed by atoms with van der Waals surface area (Å²) in [5.41, 5.74) is 5.82. The topological polar surface area (TPSA) is 21.6 Å². The van der Waals surface area contributed by atoms with Crippen LogP contribution in [0.3, 0.4) is 0 Å². The van der Waals surface area contributed by atoms with E-state index in [0.29, 0.717) is 17.8 Å². The van der Waals surface area contributed by atoms with Crippen molar-refractivity contribution in [3.05, 3.63) is 102 Å². The highest BCUT2D eigenvalue weighted by Crippen LogP contribution is 2.63. The fraction of sp³-hybridized carbons (Fsp3) is 0.406. The summed E-state index contributed by atoms with van der Waals surface area (Å²) in [6, 6.07) is 8.62. The molecule has 4 aliphatic carbocycles. The van der Waals surface area contributed by atoms with Gasteiger partial charge < -0.3 is 4.74 Å². The van der Waals surface area contributed by atoms with Gasteiger partial charge in [0.25, 0.3) is 0 Å². The van der Waals surface area contributed by atoms with Gasteiger partial charge in [-0.1, -0.05) is 69.4 Å². The van der Waals surface area contributed by atoms with E-state index < -0.39 is 0 Å². The van der Waals surface area contributed by atoms with Crippen molar-refractivity contribution < 1.29 is 4.74 Å². The van der Waals surface area contributed by atoms with E-state index in [1.54, 1.807) is 0 Å². The summed E-state index contributed by atoms with van der Waals surface area (Å²) in [4.78, 5) is 4.97. The van der Waals surface area contributed by atoms with Crippen molar-refractivity contribution in [2.45, 2.75) is 58.8 Å². The number of aliphatic imine (C=N–C) groups is 1. The molecule has 6 rings (SSSR count). The van der Waals surface area contributed by atoms with Gasteiger partial charge in [-0.05, 0) is 91.4 Å². The van der Waals surface area contributed by atoms with E-state index in [9.17, 15) is 0 Å². The Hall–Kier alpha value is -2.87. The van der Waals surface area contributed by atoms with Crippen LogP contribution in [0.5, 0.6) is 5.75 Å². The Bertz CT molecular complexity index is 1110. The molecule has 0 N–H and O–H groups in total. The van der Waals surface area contributed by atoms with E-state index in [1.165, 1.54) is 54.5 Å². The first-order valence-electron chi connectivity index (χ1n) is 13.1. The van der Waals surface area contributed by atoms with Crippen LogP contribution in [0.2, 0.25) is 0 Å². The quantitative estimate of drug-likeness (QED) is 0.221. The number of nitrogens with zero attached hydrogens (tertiary/aromatic N) is 1. The normalized spacial score (nSPS) is 28.2. The lowest BCUT2D eigenvalue weighted by Crippen LogP contribution is -2.28. The summed E-state index contributed by atoms with van der Waals surface area (Å²) < 4.78 is 6.01. The highest BCUT2D eigenvalue weighted by Gasteiger charge is 2.59. The van der Waals surface area contributed by atoms with Gasteiger partial charge in [-0.2, -0.15) is 0 Å². The lowest BCUT2D eigenvalue weighted by molar-refractivity contribution is 0.441. The molecule has 2 saturated carbocycles. The number of aryl methyl sites for hydroxylation is 1. The van der Waals surface area contributed by atoms with Gasteiger partial charge in [0.05, 0.1) is 0 Å². The SMILES string of the molecule is C=C/C(=C\C1CC1)Oc1ccc(CCC23CC2C=CC2C(C4=CCC=C4)=CN=C23)cc1.CCC. The number of rotatable bonds is 8. The standard InChI is InChI=1S/C29H29NO.C3H8/c1-2-24(17-21-7-8-21)31-25-12-9-20(10-13-25)15-16-29-18-23(29)11-14-26-27(19-30-28(26)29)22-5-3-4-6-22;1-3-2/h2-3,5-6,9-14,17,19,21,23,26H,1,4,7-8,15-16,18H2;3H2,1-2H3/b24-17+;. The number of hydrogen-bond acceptors (Lipinski definition) is 2. The third-order valence-electron chi connectivity index (χ3n) is 7.50. The smallest absolute Gasteiger partial charge is 0.127 e. The van der Waals surface area contributed by atoms with Crippen LogP contribution in [0.4, 0.5) is 0 Å². The summed E-state index contributed by atoms with van der Waals surface area (Å²) in [6.45, 7) is 8.13. The van der Waals surface area contributed by atoms with Crippen molar-refractivity contribution in [2.24, 2.45) is 28.2 Å².